The highest BCUT2D eigenvalue weighted by Gasteiger charge is 2.32. The molecule has 0 saturated carbocycles. The van der Waals surface area contributed by atoms with Crippen LogP contribution in [-0.2, 0) is 10.0 Å². The van der Waals surface area contributed by atoms with Gasteiger partial charge in [0.2, 0.25) is 10.0 Å². The van der Waals surface area contributed by atoms with Crippen LogP contribution in [0.5, 0.6) is 0 Å². The summed E-state index contributed by atoms with van der Waals surface area (Å²) in [4.78, 5) is 17.7. The molecule has 0 bridgehead atoms. The van der Waals surface area contributed by atoms with Gasteiger partial charge in [-0.15, -0.1) is 0 Å². The molecule has 0 N–H and O–H groups in total. The Balaban J connectivity index is 1.59. The molecule has 0 radical (unpaired) electrons. The molecule has 1 aromatic heterocycles. The molecule has 2 aromatic carbocycles. The highest BCUT2D eigenvalue weighted by molar-refractivity contribution is 7.89. The number of fused-ring (bicyclic) bond motifs is 1. The van der Waals surface area contributed by atoms with Crippen molar-refractivity contribution in [2.75, 3.05) is 13.1 Å². The van der Waals surface area contributed by atoms with Gasteiger partial charge >= 0.3 is 0 Å². The van der Waals surface area contributed by atoms with Gasteiger partial charge in [0.1, 0.15) is 0 Å². The molecule has 2 heterocycles. The molecular formula is C22H24ClN3O3S. The molecule has 0 spiro atoms. The standard InChI is InChI=1S/C22H24ClN3O3S/c1-14-10-15(2)21(16(3)11-14)30(28,29)25-8-6-18(7-9-25)26-13-24-20-12-17(23)4-5-19(20)22(26)27/h4-5,10-13,18H,6-9H2,1-3H3. The molecule has 8 heteroatoms. The molecule has 1 fully saturated rings. The molecule has 0 aliphatic carbocycles. The normalized spacial score (nSPS) is 16.3. The zero-order chi connectivity index (χ0) is 21.6. The third kappa shape index (κ3) is 3.66. The lowest BCUT2D eigenvalue weighted by Gasteiger charge is -2.32. The lowest BCUT2D eigenvalue weighted by Crippen LogP contribution is -2.41. The van der Waals surface area contributed by atoms with Crippen LogP contribution in [0.3, 0.4) is 0 Å². The van der Waals surface area contributed by atoms with Crippen molar-refractivity contribution in [3.8, 4) is 0 Å². The topological polar surface area (TPSA) is 72.3 Å². The maximum absolute atomic E-state index is 13.3. The first-order chi connectivity index (χ1) is 14.2. The van der Waals surface area contributed by atoms with Crippen LogP contribution < -0.4 is 5.56 Å². The van der Waals surface area contributed by atoms with E-state index in [1.807, 2.05) is 32.9 Å². The van der Waals surface area contributed by atoms with Gasteiger partial charge in [-0.2, -0.15) is 4.31 Å². The number of halogens is 1. The van der Waals surface area contributed by atoms with Crippen LogP contribution in [0.2, 0.25) is 5.02 Å². The molecule has 0 atom stereocenters. The maximum Gasteiger partial charge on any atom is 0.261 e. The smallest absolute Gasteiger partial charge is 0.261 e. The minimum absolute atomic E-state index is 0.0864. The van der Waals surface area contributed by atoms with Crippen molar-refractivity contribution < 1.29 is 8.42 Å². The summed E-state index contributed by atoms with van der Waals surface area (Å²) in [7, 11) is -3.58. The van der Waals surface area contributed by atoms with Crippen molar-refractivity contribution in [1.82, 2.24) is 13.9 Å². The number of nitrogens with zero attached hydrogens (tertiary/aromatic N) is 3. The zero-order valence-corrected chi connectivity index (χ0v) is 18.8. The fraction of sp³-hybridized carbons (Fsp3) is 0.364. The quantitative estimate of drug-likeness (QED) is 0.610. The van der Waals surface area contributed by atoms with Crippen molar-refractivity contribution in [2.24, 2.45) is 0 Å². The Morgan fingerprint density at radius 2 is 1.67 bits per heavy atom. The summed E-state index contributed by atoms with van der Waals surface area (Å²) in [5.74, 6) is 0. The Kier molecular flexibility index (Phi) is 5.46. The number of hydrogen-bond donors (Lipinski definition) is 0. The number of piperidine rings is 1. The molecular weight excluding hydrogens is 422 g/mol. The number of benzene rings is 2. The van der Waals surface area contributed by atoms with Crippen LogP contribution in [-0.4, -0.2) is 35.4 Å². The van der Waals surface area contributed by atoms with Gasteiger partial charge in [0, 0.05) is 24.2 Å². The van der Waals surface area contributed by atoms with Crippen LogP contribution in [0.1, 0.15) is 35.6 Å². The Bertz CT molecular complexity index is 1270. The fourth-order valence-corrected chi connectivity index (χ4v) is 6.48. The molecule has 1 aliphatic rings. The lowest BCUT2D eigenvalue weighted by molar-refractivity contribution is 0.269. The van der Waals surface area contributed by atoms with Gasteiger partial charge in [-0.1, -0.05) is 29.3 Å². The fourth-order valence-electron chi connectivity index (χ4n) is 4.43. The van der Waals surface area contributed by atoms with E-state index in [0.29, 0.717) is 46.8 Å². The summed E-state index contributed by atoms with van der Waals surface area (Å²) in [5.41, 5.74) is 3.02. The SMILES string of the molecule is Cc1cc(C)c(S(=O)(=O)N2CCC(n3cnc4cc(Cl)ccc4c3=O)CC2)c(C)c1. The van der Waals surface area contributed by atoms with Crippen molar-refractivity contribution in [2.45, 2.75) is 44.6 Å². The summed E-state index contributed by atoms with van der Waals surface area (Å²) < 4.78 is 29.7. The monoisotopic (exact) mass is 445 g/mol. The van der Waals surface area contributed by atoms with Gasteiger partial charge in [0.25, 0.3) is 5.56 Å². The first kappa shape index (κ1) is 21.0. The van der Waals surface area contributed by atoms with E-state index in [2.05, 4.69) is 4.98 Å². The highest BCUT2D eigenvalue weighted by atomic mass is 35.5. The third-order valence-electron chi connectivity index (χ3n) is 5.77. The van der Waals surface area contributed by atoms with Crippen LogP contribution >= 0.6 is 11.6 Å². The first-order valence-corrected chi connectivity index (χ1v) is 11.7. The van der Waals surface area contributed by atoms with E-state index in [1.54, 1.807) is 29.1 Å². The largest absolute Gasteiger partial charge is 0.296 e. The molecule has 158 valence electrons. The molecule has 30 heavy (non-hydrogen) atoms. The van der Waals surface area contributed by atoms with E-state index < -0.39 is 10.0 Å². The van der Waals surface area contributed by atoms with Crippen LogP contribution in [0.4, 0.5) is 0 Å². The van der Waals surface area contributed by atoms with Gasteiger partial charge in [-0.3, -0.25) is 9.36 Å². The highest BCUT2D eigenvalue weighted by Crippen LogP contribution is 2.30. The second-order valence-electron chi connectivity index (χ2n) is 7.98. The molecule has 0 amide bonds. The Labute approximate surface area is 181 Å². The average Bonchev–Trinajstić information content (AvgIpc) is 2.67. The van der Waals surface area contributed by atoms with Gasteiger partial charge in [-0.25, -0.2) is 13.4 Å². The van der Waals surface area contributed by atoms with E-state index in [0.717, 1.165) is 16.7 Å². The maximum atomic E-state index is 13.3. The second-order valence-corrected chi connectivity index (χ2v) is 10.3. The Morgan fingerprint density at radius 3 is 2.30 bits per heavy atom. The van der Waals surface area contributed by atoms with Gasteiger partial charge in [0.05, 0.1) is 22.1 Å². The first-order valence-electron chi connectivity index (χ1n) is 9.93. The van der Waals surface area contributed by atoms with Crippen molar-refractivity contribution in [3.63, 3.8) is 0 Å². The average molecular weight is 446 g/mol. The van der Waals surface area contributed by atoms with E-state index in [9.17, 15) is 13.2 Å². The third-order valence-corrected chi connectivity index (χ3v) is 8.21. The molecule has 6 nitrogen and oxygen atoms in total. The Morgan fingerprint density at radius 1 is 1.03 bits per heavy atom. The lowest BCUT2D eigenvalue weighted by atomic mass is 10.1. The molecule has 1 saturated heterocycles. The van der Waals surface area contributed by atoms with Crippen molar-refractivity contribution in [1.29, 1.82) is 0 Å². The van der Waals surface area contributed by atoms with E-state index in [-0.39, 0.29) is 11.6 Å². The summed E-state index contributed by atoms with van der Waals surface area (Å²) >= 11 is 5.99. The van der Waals surface area contributed by atoms with Crippen molar-refractivity contribution in [3.05, 3.63) is 68.7 Å². The van der Waals surface area contributed by atoms with Crippen LogP contribution in [0.25, 0.3) is 10.9 Å². The van der Waals surface area contributed by atoms with E-state index in [1.165, 1.54) is 4.31 Å². The van der Waals surface area contributed by atoms with Gasteiger partial charge in [-0.05, 0) is 62.9 Å². The predicted octanol–water partition coefficient (Wildman–Crippen LogP) is 4.00. The van der Waals surface area contributed by atoms with Gasteiger partial charge in [0.15, 0.2) is 0 Å². The summed E-state index contributed by atoms with van der Waals surface area (Å²) in [5, 5.41) is 1.05. The zero-order valence-electron chi connectivity index (χ0n) is 17.2. The van der Waals surface area contributed by atoms with Gasteiger partial charge < -0.3 is 0 Å². The minimum Gasteiger partial charge on any atom is -0.296 e. The Hall–Kier alpha value is -2.22. The van der Waals surface area contributed by atoms with E-state index in [4.69, 9.17) is 11.6 Å². The number of aromatic nitrogens is 2. The molecule has 0 unspecified atom stereocenters. The predicted molar refractivity (Wildman–Crippen MR) is 119 cm³/mol. The number of rotatable bonds is 3. The number of aryl methyl sites for hydroxylation is 3. The molecule has 1 aliphatic heterocycles. The second kappa shape index (κ2) is 7.80. The molecule has 3 aromatic rings. The number of sulfonamides is 1. The van der Waals surface area contributed by atoms with Crippen molar-refractivity contribution >= 4 is 32.5 Å². The minimum atomic E-state index is -3.58. The van der Waals surface area contributed by atoms with Crippen LogP contribution in [0.15, 0.2) is 46.3 Å². The van der Waals surface area contributed by atoms with E-state index >= 15 is 0 Å². The summed E-state index contributed by atoms with van der Waals surface area (Å²) in [6.07, 6.45) is 2.66. The number of hydrogen-bond acceptors (Lipinski definition) is 4. The molecule has 4 rings (SSSR count). The summed E-state index contributed by atoms with van der Waals surface area (Å²) in [6.45, 7) is 6.37. The van der Waals surface area contributed by atoms with Crippen LogP contribution in [0, 0.1) is 20.8 Å². The summed E-state index contributed by atoms with van der Waals surface area (Å²) in [6, 6.07) is 8.75.